The van der Waals surface area contributed by atoms with E-state index in [1.165, 1.54) is 30.6 Å². The second-order valence-electron chi connectivity index (χ2n) is 4.42. The van der Waals surface area contributed by atoms with Crippen molar-refractivity contribution in [3.63, 3.8) is 0 Å². The summed E-state index contributed by atoms with van der Waals surface area (Å²) in [7, 11) is 0. The van der Waals surface area contributed by atoms with Gasteiger partial charge in [0.15, 0.2) is 5.13 Å². The van der Waals surface area contributed by atoms with Gasteiger partial charge in [-0.1, -0.05) is 11.3 Å². The molecular weight excluding hydrogens is 236 g/mol. The molecule has 1 aliphatic heterocycles. The zero-order valence-corrected chi connectivity index (χ0v) is 11.0. The van der Waals surface area contributed by atoms with Gasteiger partial charge in [-0.15, -0.1) is 0 Å². The Morgan fingerprint density at radius 1 is 1.59 bits per heavy atom. The van der Waals surface area contributed by atoms with E-state index in [0.717, 1.165) is 17.4 Å². The minimum absolute atomic E-state index is 0.254. The molecule has 0 bridgehead atoms. The number of nitrogens with one attached hydrogen (secondary N) is 1. The Balaban J connectivity index is 2.24. The second-order valence-corrected chi connectivity index (χ2v) is 5.40. The minimum Gasteiger partial charge on any atom is -0.345 e. The Morgan fingerprint density at radius 2 is 2.35 bits per heavy atom. The van der Waals surface area contributed by atoms with E-state index in [1.54, 1.807) is 0 Å². The summed E-state index contributed by atoms with van der Waals surface area (Å²) in [6.07, 6.45) is 3.66. The molecule has 1 fully saturated rings. The van der Waals surface area contributed by atoms with E-state index < -0.39 is 0 Å². The van der Waals surface area contributed by atoms with Gasteiger partial charge in [-0.05, 0) is 33.1 Å². The van der Waals surface area contributed by atoms with Crippen molar-refractivity contribution in [2.45, 2.75) is 39.2 Å². The summed E-state index contributed by atoms with van der Waals surface area (Å²) in [6, 6.07) is 0.503. The van der Waals surface area contributed by atoms with Gasteiger partial charge in [0.1, 0.15) is 4.88 Å². The van der Waals surface area contributed by atoms with Crippen LogP contribution < -0.4 is 16.2 Å². The number of aromatic nitrogens is 1. The van der Waals surface area contributed by atoms with Gasteiger partial charge in [0, 0.05) is 12.6 Å². The number of anilines is 1. The molecule has 1 unspecified atom stereocenters. The summed E-state index contributed by atoms with van der Waals surface area (Å²) in [5, 5.41) is 0.938. The average Bonchev–Trinajstić information content (AvgIpc) is 2.71. The van der Waals surface area contributed by atoms with Crippen LogP contribution in [-0.4, -0.2) is 23.5 Å². The molecule has 1 amide bonds. The molecule has 1 saturated heterocycles. The quantitative estimate of drug-likeness (QED) is 0.476. The molecule has 0 radical (unpaired) electrons. The highest BCUT2D eigenvalue weighted by Gasteiger charge is 2.23. The summed E-state index contributed by atoms with van der Waals surface area (Å²) < 4.78 is 0. The molecule has 1 aromatic heterocycles. The van der Waals surface area contributed by atoms with Crippen LogP contribution in [0.5, 0.6) is 0 Å². The first-order chi connectivity index (χ1) is 8.13. The molecule has 1 atom stereocenters. The molecule has 6 heteroatoms. The van der Waals surface area contributed by atoms with Gasteiger partial charge in [0.25, 0.3) is 5.91 Å². The van der Waals surface area contributed by atoms with Crippen molar-refractivity contribution in [1.82, 2.24) is 10.4 Å². The van der Waals surface area contributed by atoms with Crippen molar-refractivity contribution >= 4 is 22.4 Å². The lowest BCUT2D eigenvalue weighted by molar-refractivity contribution is 0.0957. The number of rotatable bonds is 2. The highest BCUT2D eigenvalue weighted by molar-refractivity contribution is 7.17. The van der Waals surface area contributed by atoms with Gasteiger partial charge >= 0.3 is 0 Å². The van der Waals surface area contributed by atoms with E-state index in [4.69, 9.17) is 5.84 Å². The third-order valence-electron chi connectivity index (χ3n) is 3.17. The zero-order valence-electron chi connectivity index (χ0n) is 10.2. The molecule has 1 aromatic rings. The first kappa shape index (κ1) is 12.3. The number of thiazole rings is 1. The minimum atomic E-state index is -0.254. The normalized spacial score (nSPS) is 20.4. The molecule has 2 heterocycles. The van der Waals surface area contributed by atoms with Gasteiger partial charge in [0.05, 0.1) is 5.69 Å². The summed E-state index contributed by atoms with van der Waals surface area (Å²) in [6.45, 7) is 5.08. The number of hydrogen-bond donors (Lipinski definition) is 2. The molecule has 3 N–H and O–H groups in total. The number of hydrazine groups is 1. The maximum atomic E-state index is 11.5. The number of carbonyl (C=O) groups excluding carboxylic acids is 1. The number of nitrogens with two attached hydrogens (primary N) is 1. The lowest BCUT2D eigenvalue weighted by Crippen LogP contribution is -2.37. The van der Waals surface area contributed by atoms with Crippen LogP contribution in [0.3, 0.4) is 0 Å². The maximum absolute atomic E-state index is 11.5. The number of hydrogen-bond acceptors (Lipinski definition) is 5. The number of aryl methyl sites for hydroxylation is 1. The Kier molecular flexibility index (Phi) is 3.63. The Morgan fingerprint density at radius 3 is 3.00 bits per heavy atom. The Hall–Kier alpha value is -1.14. The number of nitrogen functional groups attached to an aromatic ring is 1. The fraction of sp³-hybridized carbons (Fsp3) is 0.636. The molecule has 0 spiro atoms. The van der Waals surface area contributed by atoms with Crippen molar-refractivity contribution in [1.29, 1.82) is 0 Å². The van der Waals surface area contributed by atoms with Gasteiger partial charge < -0.3 is 4.90 Å². The van der Waals surface area contributed by atoms with Crippen LogP contribution in [0.25, 0.3) is 0 Å². The molecule has 2 rings (SSSR count). The number of nitrogens with zero attached hydrogens (tertiary/aromatic N) is 2. The second kappa shape index (κ2) is 5.01. The SMILES string of the molecule is Cc1nc(N2CCCCC2C)sc1C(=O)NN. The van der Waals surface area contributed by atoms with Crippen LogP contribution >= 0.6 is 11.3 Å². The van der Waals surface area contributed by atoms with E-state index >= 15 is 0 Å². The number of carbonyl (C=O) groups is 1. The maximum Gasteiger partial charge on any atom is 0.277 e. The third-order valence-corrected chi connectivity index (χ3v) is 4.36. The van der Waals surface area contributed by atoms with E-state index in [2.05, 4.69) is 22.2 Å². The van der Waals surface area contributed by atoms with Crippen molar-refractivity contribution in [3.05, 3.63) is 10.6 Å². The van der Waals surface area contributed by atoms with Crippen molar-refractivity contribution in [2.75, 3.05) is 11.4 Å². The molecule has 5 nitrogen and oxygen atoms in total. The molecule has 1 aliphatic rings. The molecule has 94 valence electrons. The predicted molar refractivity (Wildman–Crippen MR) is 69.2 cm³/mol. The predicted octanol–water partition coefficient (Wildman–Crippen LogP) is 1.43. The van der Waals surface area contributed by atoms with Crippen LogP contribution in [0.2, 0.25) is 0 Å². The highest BCUT2D eigenvalue weighted by Crippen LogP contribution is 2.30. The van der Waals surface area contributed by atoms with E-state index in [1.807, 2.05) is 6.92 Å². The van der Waals surface area contributed by atoms with Crippen molar-refractivity contribution in [2.24, 2.45) is 5.84 Å². The monoisotopic (exact) mass is 254 g/mol. The van der Waals surface area contributed by atoms with Crippen LogP contribution in [0, 0.1) is 6.92 Å². The van der Waals surface area contributed by atoms with Gasteiger partial charge in [-0.3, -0.25) is 10.2 Å². The molecule has 17 heavy (non-hydrogen) atoms. The largest absolute Gasteiger partial charge is 0.345 e. The lowest BCUT2D eigenvalue weighted by atomic mass is 10.1. The Labute approximate surface area is 105 Å². The smallest absolute Gasteiger partial charge is 0.277 e. The van der Waals surface area contributed by atoms with Gasteiger partial charge in [-0.2, -0.15) is 0 Å². The van der Waals surface area contributed by atoms with Gasteiger partial charge in [-0.25, -0.2) is 10.8 Å². The standard InChI is InChI=1S/C11H18N4OS/c1-7-5-3-4-6-15(7)11-13-8(2)9(17-11)10(16)14-12/h7H,3-6,12H2,1-2H3,(H,14,16). The fourth-order valence-electron chi connectivity index (χ4n) is 2.16. The average molecular weight is 254 g/mol. The van der Waals surface area contributed by atoms with Gasteiger partial charge in [0.2, 0.25) is 0 Å². The topological polar surface area (TPSA) is 71.2 Å². The van der Waals surface area contributed by atoms with Crippen molar-refractivity contribution < 1.29 is 4.79 Å². The van der Waals surface area contributed by atoms with E-state index in [9.17, 15) is 4.79 Å². The summed E-state index contributed by atoms with van der Waals surface area (Å²) in [5.41, 5.74) is 2.92. The highest BCUT2D eigenvalue weighted by atomic mass is 32.1. The lowest BCUT2D eigenvalue weighted by Gasteiger charge is -2.33. The summed E-state index contributed by atoms with van der Waals surface area (Å²) in [5.74, 6) is 4.90. The molecule has 0 saturated carbocycles. The van der Waals surface area contributed by atoms with Crippen molar-refractivity contribution in [3.8, 4) is 0 Å². The first-order valence-corrected chi connectivity index (χ1v) is 6.70. The van der Waals surface area contributed by atoms with Crippen LogP contribution in [0.1, 0.15) is 41.6 Å². The number of piperidine rings is 1. The van der Waals surface area contributed by atoms with E-state index in [0.29, 0.717) is 10.9 Å². The van der Waals surface area contributed by atoms with Crippen LogP contribution in [0.15, 0.2) is 0 Å². The first-order valence-electron chi connectivity index (χ1n) is 5.88. The van der Waals surface area contributed by atoms with E-state index in [-0.39, 0.29) is 5.91 Å². The molecular formula is C11H18N4OS. The zero-order chi connectivity index (χ0) is 12.4. The fourth-order valence-corrected chi connectivity index (χ4v) is 3.26. The molecule has 0 aromatic carbocycles. The summed E-state index contributed by atoms with van der Waals surface area (Å²) in [4.78, 5) is 18.9. The van der Waals surface area contributed by atoms with Crippen LogP contribution in [0.4, 0.5) is 5.13 Å². The number of amides is 1. The summed E-state index contributed by atoms with van der Waals surface area (Å²) >= 11 is 1.43. The molecule has 0 aliphatic carbocycles. The Bertz CT molecular complexity index is 418. The van der Waals surface area contributed by atoms with Crippen LogP contribution in [-0.2, 0) is 0 Å². The third kappa shape index (κ3) is 2.42.